The third-order valence-corrected chi connectivity index (χ3v) is 2.64. The minimum absolute atomic E-state index is 0.0933. The molecule has 0 atom stereocenters. The van der Waals surface area contributed by atoms with E-state index in [9.17, 15) is 0 Å². The SMILES string of the molecule is CC.CC(=O)O.NC(CO)(CO)CO.OCCN(CCO)CCSO. The van der Waals surface area contributed by atoms with Gasteiger partial charge in [-0.25, -0.2) is 0 Å². The number of nitrogens with two attached hydrogens (primary N) is 1. The second-order valence-electron chi connectivity index (χ2n) is 4.48. The molecule has 0 unspecified atom stereocenters. The van der Waals surface area contributed by atoms with Crippen molar-refractivity contribution in [1.82, 2.24) is 4.90 Å². The fourth-order valence-electron chi connectivity index (χ4n) is 0.938. The van der Waals surface area contributed by atoms with Crippen LogP contribution in [0.15, 0.2) is 0 Å². The normalized spacial score (nSPS) is 9.88. The van der Waals surface area contributed by atoms with Crippen molar-refractivity contribution in [2.45, 2.75) is 26.3 Å². The summed E-state index contributed by atoms with van der Waals surface area (Å²) in [6.07, 6.45) is 0. The molecule has 9 N–H and O–H groups in total. The van der Waals surface area contributed by atoms with Gasteiger partial charge in [-0.15, -0.1) is 0 Å². The van der Waals surface area contributed by atoms with Crippen molar-refractivity contribution in [3.05, 3.63) is 0 Å². The standard InChI is InChI=1S/C6H15NO3S.C4H11NO3.C2H4O2.C2H6/c8-4-1-7(2-5-9)3-6-11-10;5-4(1-6,2-7)3-8;1-2(3)4;1-2/h8-10H,1-6H2;6-8H,1-3,5H2;1H3,(H,3,4);1-2H3. The van der Waals surface area contributed by atoms with Gasteiger partial charge in [-0.1, -0.05) is 13.8 Å². The van der Waals surface area contributed by atoms with Gasteiger partial charge in [-0.05, 0) is 12.0 Å². The van der Waals surface area contributed by atoms with Gasteiger partial charge in [0.05, 0.1) is 38.6 Å². The lowest BCUT2D eigenvalue weighted by molar-refractivity contribution is -0.134. The molecule has 0 aromatic carbocycles. The van der Waals surface area contributed by atoms with Crippen LogP contribution in [0.3, 0.4) is 0 Å². The average molecular weight is 393 g/mol. The van der Waals surface area contributed by atoms with Crippen molar-refractivity contribution < 1.29 is 40.0 Å². The van der Waals surface area contributed by atoms with E-state index in [2.05, 4.69) is 0 Å². The predicted octanol–water partition coefficient (Wildman–Crippen LogP) is -1.74. The van der Waals surface area contributed by atoms with Crippen LogP contribution in [0.4, 0.5) is 0 Å². The van der Waals surface area contributed by atoms with Gasteiger partial charge in [0.15, 0.2) is 0 Å². The number of carbonyl (C=O) groups is 1. The van der Waals surface area contributed by atoms with Crippen molar-refractivity contribution >= 4 is 18.0 Å². The van der Waals surface area contributed by atoms with E-state index in [0.29, 0.717) is 25.4 Å². The number of hydrogen-bond acceptors (Lipinski definition) is 10. The molecule has 0 amide bonds. The van der Waals surface area contributed by atoms with Crippen LogP contribution in [-0.4, -0.2) is 110 Å². The van der Waals surface area contributed by atoms with Gasteiger partial charge in [0.2, 0.25) is 0 Å². The summed E-state index contributed by atoms with van der Waals surface area (Å²) in [5, 5.41) is 49.6. The zero-order valence-electron chi connectivity index (χ0n) is 15.3. The molecule has 0 fully saturated rings. The third-order valence-electron chi connectivity index (χ3n) is 2.28. The highest BCUT2D eigenvalue weighted by Gasteiger charge is 2.20. The fourth-order valence-corrected chi connectivity index (χ4v) is 1.28. The Balaban J connectivity index is -0.000000138. The number of aliphatic carboxylic acids is 1. The first-order chi connectivity index (χ1) is 11.8. The van der Waals surface area contributed by atoms with E-state index in [4.69, 9.17) is 45.7 Å². The molecule has 0 aliphatic rings. The van der Waals surface area contributed by atoms with E-state index in [1.54, 1.807) is 0 Å². The molecule has 0 aliphatic heterocycles. The molecule has 0 spiro atoms. The zero-order valence-corrected chi connectivity index (χ0v) is 16.2. The third kappa shape index (κ3) is 31.7. The molecule has 0 heterocycles. The molecular weight excluding hydrogens is 356 g/mol. The van der Waals surface area contributed by atoms with E-state index in [1.807, 2.05) is 18.7 Å². The zero-order chi connectivity index (χ0) is 20.7. The molecule has 0 bridgehead atoms. The Kier molecular flexibility index (Phi) is 33.1. The average Bonchev–Trinajstić information content (AvgIpc) is 2.61. The second kappa shape index (κ2) is 25.7. The lowest BCUT2D eigenvalue weighted by atomic mass is 10.1. The lowest BCUT2D eigenvalue weighted by Gasteiger charge is -2.20. The first kappa shape index (κ1) is 32.2. The summed E-state index contributed by atoms with van der Waals surface area (Å²) in [6.45, 7) is 5.87. The monoisotopic (exact) mass is 392 g/mol. The van der Waals surface area contributed by atoms with E-state index in [0.717, 1.165) is 19.0 Å². The van der Waals surface area contributed by atoms with Crippen molar-refractivity contribution in [2.24, 2.45) is 5.73 Å². The van der Waals surface area contributed by atoms with E-state index in [1.165, 1.54) is 0 Å². The van der Waals surface area contributed by atoms with Crippen LogP contribution >= 0.6 is 12.0 Å². The minimum atomic E-state index is -1.21. The Hall–Kier alpha value is -0.500. The number of carboxylic acids is 1. The quantitative estimate of drug-likeness (QED) is 0.197. The largest absolute Gasteiger partial charge is 0.481 e. The summed E-state index contributed by atoms with van der Waals surface area (Å²) < 4.78 is 8.42. The predicted molar refractivity (Wildman–Crippen MR) is 98.5 cm³/mol. The minimum Gasteiger partial charge on any atom is -0.481 e. The molecule has 10 nitrogen and oxygen atoms in total. The van der Waals surface area contributed by atoms with Crippen molar-refractivity contribution in [3.8, 4) is 0 Å². The summed E-state index contributed by atoms with van der Waals surface area (Å²) in [6, 6.07) is 0. The Labute approximate surface area is 154 Å². The Morgan fingerprint density at radius 2 is 1.28 bits per heavy atom. The van der Waals surface area contributed by atoms with Gasteiger partial charge in [0.25, 0.3) is 5.97 Å². The van der Waals surface area contributed by atoms with Crippen molar-refractivity contribution in [1.29, 1.82) is 0 Å². The van der Waals surface area contributed by atoms with Gasteiger partial charge in [-0.2, -0.15) is 0 Å². The van der Waals surface area contributed by atoms with Gasteiger partial charge >= 0.3 is 0 Å². The van der Waals surface area contributed by atoms with Crippen LogP contribution in [-0.2, 0) is 4.79 Å². The molecule has 0 aromatic heterocycles. The maximum Gasteiger partial charge on any atom is 0.300 e. The summed E-state index contributed by atoms with van der Waals surface area (Å²) in [4.78, 5) is 10.9. The Morgan fingerprint density at radius 1 is 0.960 bits per heavy atom. The van der Waals surface area contributed by atoms with Crippen LogP contribution in [0.1, 0.15) is 20.8 Å². The molecule has 156 valence electrons. The van der Waals surface area contributed by atoms with Gasteiger partial charge < -0.3 is 40.9 Å². The van der Waals surface area contributed by atoms with Crippen LogP contribution in [0.5, 0.6) is 0 Å². The number of rotatable bonds is 10. The van der Waals surface area contributed by atoms with E-state index in [-0.39, 0.29) is 13.2 Å². The highest BCUT2D eigenvalue weighted by molar-refractivity contribution is 7.93. The molecule has 0 saturated carbocycles. The highest BCUT2D eigenvalue weighted by Crippen LogP contribution is 1.94. The lowest BCUT2D eigenvalue weighted by Crippen LogP contribution is -2.50. The van der Waals surface area contributed by atoms with Crippen LogP contribution in [0.2, 0.25) is 0 Å². The highest BCUT2D eigenvalue weighted by atomic mass is 32.2. The number of aliphatic hydroxyl groups is 5. The summed E-state index contributed by atoms with van der Waals surface area (Å²) in [7, 11) is 0. The van der Waals surface area contributed by atoms with Crippen LogP contribution < -0.4 is 5.73 Å². The smallest absolute Gasteiger partial charge is 0.300 e. The molecule has 0 aliphatic carbocycles. The molecule has 25 heavy (non-hydrogen) atoms. The fraction of sp³-hybridized carbons (Fsp3) is 0.929. The van der Waals surface area contributed by atoms with Crippen LogP contribution in [0.25, 0.3) is 0 Å². The Bertz CT molecular complexity index is 241. The van der Waals surface area contributed by atoms with Crippen molar-refractivity contribution in [3.63, 3.8) is 0 Å². The molecular formula is C14H36N2O8S. The summed E-state index contributed by atoms with van der Waals surface area (Å²) in [5.41, 5.74) is 3.94. The number of carboxylic acid groups (broad SMARTS) is 1. The van der Waals surface area contributed by atoms with Gasteiger partial charge in [0, 0.05) is 32.3 Å². The first-order valence-electron chi connectivity index (χ1n) is 7.78. The van der Waals surface area contributed by atoms with E-state index >= 15 is 0 Å². The number of hydrogen-bond donors (Lipinski definition) is 8. The van der Waals surface area contributed by atoms with Crippen LogP contribution in [0, 0.1) is 0 Å². The topological polar surface area (TPSA) is 188 Å². The second-order valence-corrected chi connectivity index (χ2v) is 5.14. The van der Waals surface area contributed by atoms with Gasteiger partial charge in [-0.3, -0.25) is 9.69 Å². The summed E-state index contributed by atoms with van der Waals surface area (Å²) in [5.74, 6) is -0.222. The van der Waals surface area contributed by atoms with E-state index < -0.39 is 31.3 Å². The number of aliphatic hydroxyl groups excluding tert-OH is 5. The molecule has 11 heteroatoms. The Morgan fingerprint density at radius 3 is 1.44 bits per heavy atom. The summed E-state index contributed by atoms with van der Waals surface area (Å²) >= 11 is 0.777. The van der Waals surface area contributed by atoms with Gasteiger partial charge in [0.1, 0.15) is 0 Å². The molecule has 0 rings (SSSR count). The molecule has 0 radical (unpaired) electrons. The van der Waals surface area contributed by atoms with Crippen molar-refractivity contribution in [2.75, 3.05) is 58.4 Å². The number of nitrogens with zero attached hydrogens (tertiary/aromatic N) is 1. The molecule has 0 aromatic rings. The maximum absolute atomic E-state index is 9.00. The maximum atomic E-state index is 9.00. The molecule has 0 saturated heterocycles. The first-order valence-corrected chi connectivity index (χ1v) is 8.72.